The van der Waals surface area contributed by atoms with Gasteiger partial charge < -0.3 is 10.2 Å². The molecule has 0 amide bonds. The minimum absolute atomic E-state index is 0.198. The molecule has 2 rings (SSSR count). The summed E-state index contributed by atoms with van der Waals surface area (Å²) in [4.78, 5) is 10.9. The van der Waals surface area contributed by atoms with Crippen molar-refractivity contribution < 1.29 is 0 Å². The Morgan fingerprint density at radius 2 is 1.86 bits per heavy atom. The Hall–Kier alpha value is -0.490. The largest absolute Gasteiger partial charge is 0.308 e. The highest BCUT2D eigenvalue weighted by Gasteiger charge is 2.29. The van der Waals surface area contributed by atoms with Gasteiger partial charge in [-0.05, 0) is 41.7 Å². The number of nitrogens with zero attached hydrogens (tertiary/aromatic N) is 3. The van der Waals surface area contributed by atoms with E-state index in [4.69, 9.17) is 0 Å². The van der Waals surface area contributed by atoms with E-state index in [1.54, 1.807) is 0 Å². The normalized spacial score (nSPS) is 19.9. The Bertz CT molecular complexity index is 461. The summed E-state index contributed by atoms with van der Waals surface area (Å²) in [6, 6.07) is 0.378. The van der Waals surface area contributed by atoms with Crippen molar-refractivity contribution in [2.24, 2.45) is 0 Å². The molecule has 0 spiro atoms. The quantitative estimate of drug-likeness (QED) is 0.905. The molecule has 1 aromatic heterocycles. The van der Waals surface area contributed by atoms with E-state index in [0.29, 0.717) is 6.04 Å². The average molecular weight is 311 g/mol. The second-order valence-electron chi connectivity index (χ2n) is 6.89. The van der Waals surface area contributed by atoms with Gasteiger partial charge in [0.1, 0.15) is 0 Å². The molecule has 1 fully saturated rings. The summed E-state index contributed by atoms with van der Waals surface area (Å²) in [7, 11) is 2.21. The lowest BCUT2D eigenvalue weighted by Gasteiger charge is -2.43. The summed E-state index contributed by atoms with van der Waals surface area (Å²) in [5.74, 6) is 0. The third-order valence-corrected chi connectivity index (χ3v) is 5.79. The molecule has 1 aromatic rings. The Morgan fingerprint density at radius 1 is 1.24 bits per heavy atom. The fourth-order valence-corrected chi connectivity index (χ4v) is 3.92. The van der Waals surface area contributed by atoms with Crippen LogP contribution in [0.1, 0.15) is 42.4 Å². The summed E-state index contributed by atoms with van der Waals surface area (Å²) in [6.45, 7) is 16.8. The molecule has 21 heavy (non-hydrogen) atoms. The molecule has 4 nitrogen and oxygen atoms in total. The lowest BCUT2D eigenvalue weighted by Crippen LogP contribution is -2.57. The molecule has 0 bridgehead atoms. The second kappa shape index (κ2) is 6.73. The zero-order chi connectivity index (χ0) is 15.6. The Kier molecular flexibility index (Phi) is 5.41. The van der Waals surface area contributed by atoms with Crippen LogP contribution in [0.15, 0.2) is 0 Å². The predicted octanol–water partition coefficient (Wildman–Crippen LogP) is 2.44. The molecule has 1 aliphatic heterocycles. The van der Waals surface area contributed by atoms with Gasteiger partial charge in [-0.25, -0.2) is 4.98 Å². The number of aryl methyl sites for hydroxylation is 2. The smallest absolute Gasteiger partial charge is 0.0900 e. The number of hydrogen-bond donors (Lipinski definition) is 1. The van der Waals surface area contributed by atoms with Crippen molar-refractivity contribution in [3.8, 4) is 0 Å². The van der Waals surface area contributed by atoms with Crippen molar-refractivity contribution in [2.45, 2.75) is 46.2 Å². The van der Waals surface area contributed by atoms with Crippen molar-refractivity contribution in [2.75, 3.05) is 39.8 Å². The van der Waals surface area contributed by atoms with Crippen LogP contribution in [0.2, 0.25) is 0 Å². The highest BCUT2D eigenvalue weighted by Crippen LogP contribution is 2.25. The van der Waals surface area contributed by atoms with Crippen LogP contribution < -0.4 is 5.32 Å². The minimum atomic E-state index is 0.198. The van der Waals surface area contributed by atoms with Crippen LogP contribution in [0.3, 0.4) is 0 Å². The summed E-state index contributed by atoms with van der Waals surface area (Å²) < 4.78 is 0. The third-order valence-electron chi connectivity index (χ3n) is 4.53. The van der Waals surface area contributed by atoms with Crippen molar-refractivity contribution in [1.29, 1.82) is 0 Å². The topological polar surface area (TPSA) is 31.4 Å². The van der Waals surface area contributed by atoms with E-state index >= 15 is 0 Å². The fourth-order valence-electron chi connectivity index (χ4n) is 2.97. The first-order valence-corrected chi connectivity index (χ1v) is 8.72. The highest BCUT2D eigenvalue weighted by atomic mass is 32.1. The monoisotopic (exact) mass is 310 g/mol. The van der Waals surface area contributed by atoms with E-state index < -0.39 is 0 Å². The van der Waals surface area contributed by atoms with Crippen molar-refractivity contribution in [3.63, 3.8) is 0 Å². The van der Waals surface area contributed by atoms with Crippen LogP contribution in [0.4, 0.5) is 0 Å². The van der Waals surface area contributed by atoms with Gasteiger partial charge in [-0.2, -0.15) is 0 Å². The van der Waals surface area contributed by atoms with Crippen molar-refractivity contribution in [1.82, 2.24) is 20.1 Å². The number of likely N-dealkylation sites (N-methyl/N-ethyl adjacent to an activating group) is 1. The average Bonchev–Trinajstić information content (AvgIpc) is 2.76. The molecular weight excluding hydrogens is 280 g/mol. The highest BCUT2D eigenvalue weighted by molar-refractivity contribution is 7.11. The Labute approximate surface area is 133 Å². The summed E-state index contributed by atoms with van der Waals surface area (Å²) in [5.41, 5.74) is 1.37. The minimum Gasteiger partial charge on any atom is -0.308 e. The van der Waals surface area contributed by atoms with E-state index in [0.717, 1.165) is 24.6 Å². The van der Waals surface area contributed by atoms with Crippen molar-refractivity contribution in [3.05, 3.63) is 15.6 Å². The number of nitrogens with one attached hydrogen (secondary N) is 1. The number of rotatable bonds is 5. The van der Waals surface area contributed by atoms with E-state index in [-0.39, 0.29) is 5.54 Å². The molecule has 120 valence electrons. The maximum absolute atomic E-state index is 4.54. The molecule has 0 radical (unpaired) electrons. The molecule has 1 atom stereocenters. The van der Waals surface area contributed by atoms with Gasteiger partial charge in [0, 0.05) is 49.2 Å². The van der Waals surface area contributed by atoms with E-state index in [9.17, 15) is 0 Å². The molecule has 0 aromatic carbocycles. The lowest BCUT2D eigenvalue weighted by atomic mass is 10.0. The SMILES string of the molecule is Cc1nc(C)c(C(C)NCC(C)(C)N2CCN(C)CC2)s1. The molecule has 1 N–H and O–H groups in total. The van der Waals surface area contributed by atoms with E-state index in [2.05, 4.69) is 61.8 Å². The molecule has 1 saturated heterocycles. The van der Waals surface area contributed by atoms with Crippen LogP contribution in [0.25, 0.3) is 0 Å². The second-order valence-corrected chi connectivity index (χ2v) is 8.12. The molecule has 0 aliphatic carbocycles. The maximum atomic E-state index is 4.54. The number of hydrogen-bond acceptors (Lipinski definition) is 5. The Morgan fingerprint density at radius 3 is 2.38 bits per heavy atom. The standard InChI is InChI=1S/C16H30N4S/c1-12(15-13(2)18-14(3)21-15)17-11-16(4,5)20-9-7-19(6)8-10-20/h12,17H,7-11H2,1-6H3. The van der Waals surface area contributed by atoms with E-state index in [1.807, 2.05) is 11.3 Å². The molecule has 2 heterocycles. The van der Waals surface area contributed by atoms with Gasteiger partial charge >= 0.3 is 0 Å². The Balaban J connectivity index is 1.90. The van der Waals surface area contributed by atoms with Gasteiger partial charge in [-0.3, -0.25) is 4.90 Å². The summed E-state index contributed by atoms with van der Waals surface area (Å²) in [6.07, 6.45) is 0. The van der Waals surface area contributed by atoms with Crippen LogP contribution in [0.5, 0.6) is 0 Å². The molecule has 1 aliphatic rings. The van der Waals surface area contributed by atoms with Gasteiger partial charge in [-0.1, -0.05) is 0 Å². The van der Waals surface area contributed by atoms with Crippen LogP contribution in [0, 0.1) is 13.8 Å². The first-order chi connectivity index (χ1) is 9.79. The maximum Gasteiger partial charge on any atom is 0.0900 e. The number of thiazole rings is 1. The number of aromatic nitrogens is 1. The van der Waals surface area contributed by atoms with Crippen molar-refractivity contribution >= 4 is 11.3 Å². The molecule has 1 unspecified atom stereocenters. The van der Waals surface area contributed by atoms with Crippen LogP contribution in [-0.4, -0.2) is 60.1 Å². The zero-order valence-corrected chi connectivity index (χ0v) is 15.2. The summed E-state index contributed by atoms with van der Waals surface area (Å²) in [5, 5.41) is 4.88. The van der Waals surface area contributed by atoms with Crippen LogP contribution in [-0.2, 0) is 0 Å². The van der Waals surface area contributed by atoms with Gasteiger partial charge in [-0.15, -0.1) is 11.3 Å². The molecular formula is C16H30N4S. The van der Waals surface area contributed by atoms with E-state index in [1.165, 1.54) is 23.7 Å². The zero-order valence-electron chi connectivity index (χ0n) is 14.4. The van der Waals surface area contributed by atoms with Gasteiger partial charge in [0.15, 0.2) is 0 Å². The first kappa shape index (κ1) is 16.9. The fraction of sp³-hybridized carbons (Fsp3) is 0.812. The molecule has 5 heteroatoms. The molecule has 0 saturated carbocycles. The predicted molar refractivity (Wildman–Crippen MR) is 91.2 cm³/mol. The third kappa shape index (κ3) is 4.25. The first-order valence-electron chi connectivity index (χ1n) is 7.90. The van der Waals surface area contributed by atoms with Gasteiger partial charge in [0.2, 0.25) is 0 Å². The van der Waals surface area contributed by atoms with Gasteiger partial charge in [0.05, 0.1) is 10.7 Å². The lowest BCUT2D eigenvalue weighted by molar-refractivity contribution is 0.0605. The number of piperazine rings is 1. The summed E-state index contributed by atoms with van der Waals surface area (Å²) >= 11 is 1.82. The van der Waals surface area contributed by atoms with Gasteiger partial charge in [0.25, 0.3) is 0 Å². The van der Waals surface area contributed by atoms with Crippen LogP contribution >= 0.6 is 11.3 Å².